The summed E-state index contributed by atoms with van der Waals surface area (Å²) in [5.74, 6) is 1.86. The molecule has 0 bridgehead atoms. The maximum absolute atomic E-state index is 12.3. The first-order valence-corrected chi connectivity index (χ1v) is 10.3. The number of amides is 1. The van der Waals surface area contributed by atoms with E-state index < -0.39 is 0 Å². The smallest absolute Gasteiger partial charge is 0.223 e. The minimum Gasteiger partial charge on any atom is -0.494 e. The first-order chi connectivity index (χ1) is 14.5. The molecule has 3 N–H and O–H groups in total. The van der Waals surface area contributed by atoms with Gasteiger partial charge in [-0.3, -0.25) is 9.79 Å². The summed E-state index contributed by atoms with van der Waals surface area (Å²) >= 11 is 0. The van der Waals surface area contributed by atoms with Crippen LogP contribution in [0.5, 0.6) is 11.5 Å². The van der Waals surface area contributed by atoms with E-state index in [1.807, 2.05) is 69.4 Å². The van der Waals surface area contributed by atoms with E-state index >= 15 is 0 Å². The lowest BCUT2D eigenvalue weighted by atomic mass is 9.94. The van der Waals surface area contributed by atoms with Gasteiger partial charge in [-0.25, -0.2) is 0 Å². The molecule has 1 amide bonds. The molecule has 0 radical (unpaired) electrons. The lowest BCUT2D eigenvalue weighted by molar-refractivity contribution is -0.127. The summed E-state index contributed by atoms with van der Waals surface area (Å²) in [6.45, 7) is 5.41. The van der Waals surface area contributed by atoms with Gasteiger partial charge in [-0.15, -0.1) is 24.0 Å². The Bertz CT molecular complexity index is 892. The van der Waals surface area contributed by atoms with Gasteiger partial charge >= 0.3 is 0 Å². The van der Waals surface area contributed by atoms with E-state index in [1.165, 1.54) is 0 Å². The molecule has 1 aliphatic rings. The molecule has 1 aliphatic heterocycles. The molecule has 8 heteroatoms. The average Bonchev–Trinajstić information content (AvgIpc) is 3.03. The molecule has 2 aromatic carbocycles. The van der Waals surface area contributed by atoms with Crippen molar-refractivity contribution in [2.24, 2.45) is 16.6 Å². The van der Waals surface area contributed by atoms with Crippen LogP contribution in [0, 0.1) is 5.92 Å². The summed E-state index contributed by atoms with van der Waals surface area (Å²) in [5.41, 5.74) is 7.98. The molecule has 2 unspecified atom stereocenters. The monoisotopic (exact) mass is 538 g/mol. The number of guanidine groups is 1. The maximum Gasteiger partial charge on any atom is 0.223 e. The Hall–Kier alpha value is -2.49. The second-order valence-corrected chi connectivity index (χ2v) is 7.20. The van der Waals surface area contributed by atoms with E-state index in [9.17, 15) is 4.79 Å². The molecule has 168 valence electrons. The maximum atomic E-state index is 12.3. The van der Waals surface area contributed by atoms with Crippen LogP contribution in [0.25, 0.3) is 0 Å². The number of benzene rings is 2. The van der Waals surface area contributed by atoms with Crippen LogP contribution in [-0.2, 0) is 4.79 Å². The van der Waals surface area contributed by atoms with Crippen LogP contribution in [0.3, 0.4) is 0 Å². The fourth-order valence-corrected chi connectivity index (χ4v) is 3.80. The number of ether oxygens (including phenoxy) is 2. The Labute approximate surface area is 201 Å². The number of nitrogens with two attached hydrogens (primary N) is 1. The number of hydrogen-bond donors (Lipinski definition) is 2. The van der Waals surface area contributed by atoms with Crippen molar-refractivity contribution in [2.75, 3.05) is 32.1 Å². The first kappa shape index (κ1) is 24.8. The predicted octanol–water partition coefficient (Wildman–Crippen LogP) is 4.05. The molecule has 0 aliphatic carbocycles. The lowest BCUT2D eigenvalue weighted by Gasteiger charge is -2.24. The number of nitrogens with zero attached hydrogens (tertiary/aromatic N) is 2. The van der Waals surface area contributed by atoms with Gasteiger partial charge < -0.3 is 25.4 Å². The summed E-state index contributed by atoms with van der Waals surface area (Å²) in [6, 6.07) is 15.6. The Balaban J connectivity index is 0.00000341. The van der Waals surface area contributed by atoms with Crippen molar-refractivity contribution < 1.29 is 14.3 Å². The number of carbonyl (C=O) groups excluding carboxylic acids is 1. The number of hydrogen-bond acceptors (Lipinski definition) is 4. The lowest BCUT2D eigenvalue weighted by Crippen LogP contribution is -2.27. The number of likely N-dealkylation sites (tertiary alicyclic amines) is 1. The van der Waals surface area contributed by atoms with E-state index in [-0.39, 0.29) is 47.8 Å². The third-order valence-corrected chi connectivity index (χ3v) is 5.16. The Morgan fingerprint density at radius 3 is 2.55 bits per heavy atom. The van der Waals surface area contributed by atoms with Gasteiger partial charge in [-0.2, -0.15) is 0 Å². The quantitative estimate of drug-likeness (QED) is 0.301. The van der Waals surface area contributed by atoms with Gasteiger partial charge in [0.1, 0.15) is 11.5 Å². The number of halogens is 1. The van der Waals surface area contributed by atoms with Crippen LogP contribution in [-0.4, -0.2) is 43.6 Å². The number of carbonyl (C=O) groups is 1. The summed E-state index contributed by atoms with van der Waals surface area (Å²) in [5, 5.41) is 3.12. The molecule has 1 heterocycles. The zero-order valence-electron chi connectivity index (χ0n) is 18.2. The van der Waals surface area contributed by atoms with E-state index in [0.29, 0.717) is 37.6 Å². The zero-order chi connectivity index (χ0) is 21.5. The molecule has 31 heavy (non-hydrogen) atoms. The van der Waals surface area contributed by atoms with Crippen LogP contribution in [0.4, 0.5) is 5.69 Å². The third-order valence-electron chi connectivity index (χ3n) is 5.16. The number of aliphatic imine (C=N–C) groups is 1. The van der Waals surface area contributed by atoms with Crippen molar-refractivity contribution in [2.45, 2.75) is 26.3 Å². The predicted molar refractivity (Wildman–Crippen MR) is 134 cm³/mol. The van der Waals surface area contributed by atoms with Crippen LogP contribution in [0.1, 0.15) is 31.9 Å². The largest absolute Gasteiger partial charge is 0.494 e. The van der Waals surface area contributed by atoms with Crippen molar-refractivity contribution >= 4 is 41.5 Å². The van der Waals surface area contributed by atoms with Gasteiger partial charge in [-0.05, 0) is 31.5 Å². The number of nitrogens with one attached hydrogen (secondary N) is 1. The highest BCUT2D eigenvalue weighted by Crippen LogP contribution is 2.37. The molecule has 0 saturated carbocycles. The third kappa shape index (κ3) is 6.25. The van der Waals surface area contributed by atoms with Gasteiger partial charge in [0.2, 0.25) is 5.91 Å². The molecule has 2 aromatic rings. The van der Waals surface area contributed by atoms with Crippen LogP contribution >= 0.6 is 24.0 Å². The highest BCUT2D eigenvalue weighted by molar-refractivity contribution is 14.0. The Morgan fingerprint density at radius 1 is 1.16 bits per heavy atom. The second kappa shape index (κ2) is 11.8. The highest BCUT2D eigenvalue weighted by atomic mass is 127. The molecule has 2 atom stereocenters. The molecular weight excluding hydrogens is 507 g/mol. The van der Waals surface area contributed by atoms with Gasteiger partial charge in [-0.1, -0.05) is 30.3 Å². The van der Waals surface area contributed by atoms with Crippen molar-refractivity contribution in [3.05, 3.63) is 54.1 Å². The SMILES string of the molecule is CCOc1ccc(OCC)c(NC(N)=NCC2CC(=O)N(C)C2c2ccccc2)c1.I. The van der Waals surface area contributed by atoms with Gasteiger partial charge in [0.15, 0.2) is 5.96 Å². The molecular formula is C23H31IN4O3. The fraction of sp³-hybridized carbons (Fsp3) is 0.391. The van der Waals surface area contributed by atoms with Crippen molar-refractivity contribution in [1.29, 1.82) is 0 Å². The van der Waals surface area contributed by atoms with E-state index in [2.05, 4.69) is 10.3 Å². The van der Waals surface area contributed by atoms with E-state index in [1.54, 1.807) is 4.90 Å². The summed E-state index contributed by atoms with van der Waals surface area (Å²) in [4.78, 5) is 18.7. The number of rotatable bonds is 8. The van der Waals surface area contributed by atoms with E-state index in [0.717, 1.165) is 11.3 Å². The average molecular weight is 538 g/mol. The minimum atomic E-state index is -0.00415. The van der Waals surface area contributed by atoms with Gasteiger partial charge in [0.25, 0.3) is 0 Å². The van der Waals surface area contributed by atoms with Crippen LogP contribution in [0.2, 0.25) is 0 Å². The Morgan fingerprint density at radius 2 is 1.87 bits per heavy atom. The van der Waals surface area contributed by atoms with Crippen LogP contribution < -0.4 is 20.5 Å². The van der Waals surface area contributed by atoms with Gasteiger partial charge in [0, 0.05) is 32.0 Å². The van der Waals surface area contributed by atoms with Gasteiger partial charge in [0.05, 0.1) is 24.9 Å². The summed E-state index contributed by atoms with van der Waals surface area (Å²) in [6.07, 6.45) is 0.455. The minimum absolute atomic E-state index is 0. The van der Waals surface area contributed by atoms with Crippen molar-refractivity contribution in [3.8, 4) is 11.5 Å². The van der Waals surface area contributed by atoms with Crippen LogP contribution in [0.15, 0.2) is 53.5 Å². The standard InChI is InChI=1S/C23H30N4O3.HI/c1-4-29-18-11-12-20(30-5-2)19(14-18)26-23(24)25-15-17-13-21(28)27(3)22(17)16-9-7-6-8-10-16;/h6-12,14,17,22H,4-5,13,15H2,1-3H3,(H3,24,25,26);1H. The second-order valence-electron chi connectivity index (χ2n) is 7.20. The van der Waals surface area contributed by atoms with E-state index in [4.69, 9.17) is 15.2 Å². The highest BCUT2D eigenvalue weighted by Gasteiger charge is 2.38. The topological polar surface area (TPSA) is 89.2 Å². The molecule has 0 aromatic heterocycles. The summed E-state index contributed by atoms with van der Waals surface area (Å²) in [7, 11) is 1.85. The molecule has 1 fully saturated rings. The first-order valence-electron chi connectivity index (χ1n) is 10.3. The normalized spacial score (nSPS) is 18.5. The number of anilines is 1. The molecule has 1 saturated heterocycles. The van der Waals surface area contributed by atoms with Crippen molar-refractivity contribution in [1.82, 2.24) is 4.90 Å². The summed E-state index contributed by atoms with van der Waals surface area (Å²) < 4.78 is 11.2. The van der Waals surface area contributed by atoms with Crippen molar-refractivity contribution in [3.63, 3.8) is 0 Å². The fourth-order valence-electron chi connectivity index (χ4n) is 3.80. The molecule has 3 rings (SSSR count). The Kier molecular flexibility index (Phi) is 9.42. The molecule has 0 spiro atoms. The molecule has 7 nitrogen and oxygen atoms in total. The zero-order valence-corrected chi connectivity index (χ0v) is 20.5.